The third-order valence-electron chi connectivity index (χ3n) is 2.94. The Morgan fingerprint density at radius 1 is 0.774 bits per heavy atom. The van der Waals surface area contributed by atoms with Crippen molar-refractivity contribution in [3.05, 3.63) is 79.9 Å². The summed E-state index contributed by atoms with van der Waals surface area (Å²) in [7, 11) is 0. The maximum atomic E-state index is 10.4. The van der Waals surface area contributed by atoms with Crippen molar-refractivity contribution in [3.63, 3.8) is 0 Å². The number of nitro benzene ring substituents is 2. The van der Waals surface area contributed by atoms with E-state index < -0.39 is 9.85 Å². The van der Waals surface area contributed by atoms with Crippen molar-refractivity contribution in [2.75, 3.05) is 0 Å². The lowest BCUT2D eigenvalue weighted by Gasteiger charge is -2.10. The molecule has 0 bridgehead atoms. The molecule has 0 atom stereocenters. The molecule has 2 aromatic carbocycles. The van der Waals surface area contributed by atoms with Crippen LogP contribution in [0.4, 0.5) is 11.4 Å². The van der Waals surface area contributed by atoms with Gasteiger partial charge in [-0.1, -0.05) is 0 Å². The van der Waals surface area contributed by atoms with Gasteiger partial charge in [-0.25, -0.2) is 0 Å². The highest BCUT2D eigenvalue weighted by molar-refractivity contribution is 5.80. The van der Waals surface area contributed by atoms with Crippen LogP contribution in [0.5, 0.6) is 0 Å². The Morgan fingerprint density at radius 2 is 1.10 bits per heavy atom. The lowest BCUT2D eigenvalue weighted by atomic mass is 10.1. The first-order chi connectivity index (χ1) is 14.1. The van der Waals surface area contributed by atoms with Crippen LogP contribution in [-0.2, 0) is 0 Å². The molecule has 0 unspecified atom stereocenters. The van der Waals surface area contributed by atoms with E-state index in [1.165, 1.54) is 36.4 Å². The van der Waals surface area contributed by atoms with E-state index >= 15 is 0 Å². The molecular formula is C22H30N4O5. The van der Waals surface area contributed by atoms with E-state index in [2.05, 4.69) is 4.99 Å². The fourth-order valence-electron chi connectivity index (χ4n) is 1.62. The van der Waals surface area contributed by atoms with Gasteiger partial charge < -0.3 is 5.73 Å². The third-order valence-corrected chi connectivity index (χ3v) is 2.94. The van der Waals surface area contributed by atoms with Crippen LogP contribution in [0, 0.1) is 20.2 Å². The molecule has 0 aliphatic rings. The standard InChI is InChI=1S/C11H14N2O2.C7H5NO3.C4H11N/c1-11(2,3)12-8-9-4-6-10(7-5-9)13(14)15;9-5-6-1-3-7(4-2-6)8(10)11;1-4(2,3)5/h4-8H,1-3H3;1-5H;5H2,1-3H3. The van der Waals surface area contributed by atoms with Crippen molar-refractivity contribution in [3.8, 4) is 0 Å². The quantitative estimate of drug-likeness (QED) is 0.314. The predicted octanol–water partition coefficient (Wildman–Crippen LogP) is 4.96. The summed E-state index contributed by atoms with van der Waals surface area (Å²) in [5.41, 5.74) is 6.64. The number of nitro groups is 2. The number of hydrogen-bond acceptors (Lipinski definition) is 7. The van der Waals surface area contributed by atoms with E-state index in [4.69, 9.17) is 5.73 Å². The molecule has 0 fully saturated rings. The normalized spacial score (nSPS) is 10.9. The second kappa shape index (κ2) is 12.3. The molecule has 2 aromatic rings. The molecule has 168 valence electrons. The maximum absolute atomic E-state index is 10.4. The number of carbonyl (C=O) groups excluding carboxylic acids is 1. The first-order valence-corrected chi connectivity index (χ1v) is 9.40. The number of carbonyl (C=O) groups is 1. The molecule has 9 nitrogen and oxygen atoms in total. The molecule has 2 rings (SSSR count). The van der Waals surface area contributed by atoms with E-state index in [9.17, 15) is 25.0 Å². The Labute approximate surface area is 182 Å². The van der Waals surface area contributed by atoms with Crippen molar-refractivity contribution in [2.24, 2.45) is 10.7 Å². The van der Waals surface area contributed by atoms with Crippen molar-refractivity contribution in [2.45, 2.75) is 52.6 Å². The smallest absolute Gasteiger partial charge is 0.269 e. The summed E-state index contributed by atoms with van der Waals surface area (Å²) in [6, 6.07) is 11.7. The predicted molar refractivity (Wildman–Crippen MR) is 123 cm³/mol. The highest BCUT2D eigenvalue weighted by Crippen LogP contribution is 2.12. The summed E-state index contributed by atoms with van der Waals surface area (Å²) in [6.07, 6.45) is 2.37. The zero-order chi connectivity index (χ0) is 24.2. The second-order valence-corrected chi connectivity index (χ2v) is 8.61. The number of rotatable bonds is 4. The van der Waals surface area contributed by atoms with Gasteiger partial charge >= 0.3 is 0 Å². The van der Waals surface area contributed by atoms with Crippen LogP contribution in [0.3, 0.4) is 0 Å². The second-order valence-electron chi connectivity index (χ2n) is 8.61. The van der Waals surface area contributed by atoms with Crippen LogP contribution in [-0.4, -0.2) is 33.4 Å². The van der Waals surface area contributed by atoms with Gasteiger partial charge in [-0.05, 0) is 71.4 Å². The van der Waals surface area contributed by atoms with Crippen LogP contribution >= 0.6 is 0 Å². The highest BCUT2D eigenvalue weighted by atomic mass is 16.6. The number of aliphatic imine (C=N–C) groups is 1. The zero-order valence-corrected chi connectivity index (χ0v) is 18.7. The van der Waals surface area contributed by atoms with Crippen molar-refractivity contribution in [1.82, 2.24) is 0 Å². The summed E-state index contributed by atoms with van der Waals surface area (Å²) >= 11 is 0. The third kappa shape index (κ3) is 15.1. The number of benzene rings is 2. The number of nitrogens with two attached hydrogens (primary N) is 1. The molecule has 9 heteroatoms. The van der Waals surface area contributed by atoms with E-state index in [0.29, 0.717) is 11.8 Å². The average molecular weight is 431 g/mol. The Kier molecular flexibility index (Phi) is 10.9. The lowest BCUT2D eigenvalue weighted by Crippen LogP contribution is -2.26. The summed E-state index contributed by atoms with van der Waals surface area (Å²) < 4.78 is 0. The molecule has 0 radical (unpaired) electrons. The van der Waals surface area contributed by atoms with Crippen molar-refractivity contribution >= 4 is 23.9 Å². The molecule has 0 saturated carbocycles. The van der Waals surface area contributed by atoms with Gasteiger partial charge in [0.1, 0.15) is 6.29 Å². The zero-order valence-electron chi connectivity index (χ0n) is 18.7. The van der Waals surface area contributed by atoms with E-state index in [-0.39, 0.29) is 22.5 Å². The maximum Gasteiger partial charge on any atom is 0.269 e. The molecule has 2 N–H and O–H groups in total. The van der Waals surface area contributed by atoms with E-state index in [1.54, 1.807) is 18.3 Å². The molecule has 0 aliphatic heterocycles. The summed E-state index contributed by atoms with van der Waals surface area (Å²) in [6.45, 7) is 11.9. The number of non-ortho nitro benzene ring substituents is 2. The van der Waals surface area contributed by atoms with Gasteiger partial charge in [-0.15, -0.1) is 0 Å². The Hall–Kier alpha value is -3.46. The Morgan fingerprint density at radius 3 is 1.35 bits per heavy atom. The van der Waals surface area contributed by atoms with Gasteiger partial charge in [0.2, 0.25) is 0 Å². The summed E-state index contributed by atoms with van der Waals surface area (Å²) in [5.74, 6) is 0. The van der Waals surface area contributed by atoms with Crippen molar-refractivity contribution in [1.29, 1.82) is 0 Å². The number of aldehydes is 1. The van der Waals surface area contributed by atoms with Crippen molar-refractivity contribution < 1.29 is 14.6 Å². The molecule has 0 spiro atoms. The SMILES string of the molecule is CC(C)(C)N.CC(C)(C)N=Cc1ccc([N+](=O)[O-])cc1.O=Cc1ccc([N+](=O)[O-])cc1. The summed E-state index contributed by atoms with van der Waals surface area (Å²) in [5, 5.41) is 20.5. The largest absolute Gasteiger partial charge is 0.326 e. The van der Waals surface area contributed by atoms with Crippen LogP contribution in [0.1, 0.15) is 57.5 Å². The first-order valence-electron chi connectivity index (χ1n) is 9.40. The molecule has 0 aliphatic carbocycles. The lowest BCUT2D eigenvalue weighted by molar-refractivity contribution is -0.385. The number of nitrogens with zero attached hydrogens (tertiary/aromatic N) is 3. The molecular weight excluding hydrogens is 400 g/mol. The van der Waals surface area contributed by atoms with Crippen LogP contribution < -0.4 is 5.73 Å². The number of hydrogen-bond donors (Lipinski definition) is 1. The fraction of sp³-hybridized carbons (Fsp3) is 0.364. The Balaban J connectivity index is 0.000000492. The van der Waals surface area contributed by atoms with Crippen LogP contribution in [0.15, 0.2) is 53.5 Å². The fourth-order valence-corrected chi connectivity index (χ4v) is 1.62. The first kappa shape index (κ1) is 27.5. The minimum atomic E-state index is -0.505. The van der Waals surface area contributed by atoms with Gasteiger partial charge in [0.15, 0.2) is 0 Å². The Bertz CT molecular complexity index is 872. The molecule has 31 heavy (non-hydrogen) atoms. The highest BCUT2D eigenvalue weighted by Gasteiger charge is 2.06. The monoisotopic (exact) mass is 430 g/mol. The summed E-state index contributed by atoms with van der Waals surface area (Å²) in [4.78, 5) is 34.0. The molecule has 0 amide bonds. The van der Waals surface area contributed by atoms with Crippen LogP contribution in [0.25, 0.3) is 0 Å². The van der Waals surface area contributed by atoms with Crippen LogP contribution in [0.2, 0.25) is 0 Å². The van der Waals surface area contributed by atoms with Gasteiger partial charge in [0.25, 0.3) is 11.4 Å². The topological polar surface area (TPSA) is 142 Å². The minimum absolute atomic E-state index is 0. The minimum Gasteiger partial charge on any atom is -0.326 e. The van der Waals surface area contributed by atoms with Gasteiger partial charge in [0.05, 0.1) is 15.4 Å². The molecule has 0 heterocycles. The molecule has 0 aromatic heterocycles. The van der Waals surface area contributed by atoms with Gasteiger partial charge in [0, 0.05) is 41.6 Å². The van der Waals surface area contributed by atoms with E-state index in [0.717, 1.165) is 5.56 Å². The van der Waals surface area contributed by atoms with E-state index in [1.807, 2.05) is 41.5 Å². The average Bonchev–Trinajstić information content (AvgIpc) is 2.65. The van der Waals surface area contributed by atoms with Gasteiger partial charge in [-0.2, -0.15) is 0 Å². The molecule has 0 saturated heterocycles. The van der Waals surface area contributed by atoms with Gasteiger partial charge in [-0.3, -0.25) is 30.0 Å².